The minimum atomic E-state index is 0.844. The quantitative estimate of drug-likeness (QED) is 0.672. The van der Waals surface area contributed by atoms with Crippen molar-refractivity contribution in [1.82, 2.24) is 0 Å². The van der Waals surface area contributed by atoms with E-state index >= 15 is 0 Å². The van der Waals surface area contributed by atoms with Crippen molar-refractivity contribution >= 4 is 34.0 Å². The van der Waals surface area contributed by atoms with Gasteiger partial charge in [0.25, 0.3) is 0 Å². The molecule has 1 aliphatic rings. The molecule has 1 rings (SSSR count). The van der Waals surface area contributed by atoms with Gasteiger partial charge in [0, 0.05) is 12.4 Å². The van der Waals surface area contributed by atoms with Gasteiger partial charge in [-0.2, -0.15) is 0 Å². The molecule has 0 atom stereocenters. The maximum atomic E-state index is 4.38. The maximum Gasteiger partial charge on any atom is 0.150 e. The molecule has 1 heterocycles. The van der Waals surface area contributed by atoms with Crippen molar-refractivity contribution in [3.05, 3.63) is 34.4 Å². The van der Waals surface area contributed by atoms with E-state index < -0.39 is 0 Å². The monoisotopic (exact) mass is 252 g/mol. The van der Waals surface area contributed by atoms with Crippen LogP contribution in [0, 0.1) is 0 Å². The van der Waals surface area contributed by atoms with Crippen LogP contribution in [0.5, 0.6) is 0 Å². The minimum absolute atomic E-state index is 0.844. The summed E-state index contributed by atoms with van der Waals surface area (Å²) in [6.45, 7) is 4.28. The van der Waals surface area contributed by atoms with Gasteiger partial charge >= 0.3 is 0 Å². The molecule has 0 bridgehead atoms. The van der Waals surface area contributed by atoms with Crippen molar-refractivity contribution in [3.8, 4) is 0 Å². The number of hydrogen-bond donors (Lipinski definition) is 0. The number of allylic oxidation sites excluding steroid dienone is 3. The molecule has 0 fully saturated rings. The third-order valence-electron chi connectivity index (χ3n) is 2.06. The molecule has 0 radical (unpaired) electrons. The number of rotatable bonds is 2. The van der Waals surface area contributed by atoms with Crippen molar-refractivity contribution in [1.29, 1.82) is 0 Å². The summed E-state index contributed by atoms with van der Waals surface area (Å²) in [5.74, 6) is 0.844. The number of hydrogen-bond acceptors (Lipinski definition) is 4. The van der Waals surface area contributed by atoms with Crippen LogP contribution in [0.1, 0.15) is 26.7 Å². The van der Waals surface area contributed by atoms with Gasteiger partial charge in [-0.15, -0.1) is 0 Å². The molecule has 0 spiro atoms. The minimum Gasteiger partial charge on any atom is -0.237 e. The van der Waals surface area contributed by atoms with E-state index in [9.17, 15) is 0 Å². The first-order valence-corrected chi connectivity index (χ1v) is 7.58. The van der Waals surface area contributed by atoms with Crippen LogP contribution in [0.4, 0.5) is 0 Å². The summed E-state index contributed by atoms with van der Waals surface area (Å²) in [7, 11) is 3.32. The van der Waals surface area contributed by atoms with Gasteiger partial charge in [-0.3, -0.25) is 0 Å². The molecule has 0 aromatic heterocycles. The van der Waals surface area contributed by atoms with E-state index in [0.29, 0.717) is 0 Å². The van der Waals surface area contributed by atoms with Crippen molar-refractivity contribution in [2.24, 2.45) is 9.98 Å². The molecule has 0 aromatic carbocycles. The largest absolute Gasteiger partial charge is 0.237 e. The topological polar surface area (TPSA) is 24.7 Å². The standard InChI is InChI=1S/C12H16N2S2/c1-3-11(4-2)12-13-7-5-9-15-16-10-6-8-14-12/h5-10H,3-4H2,1-2H3/b9-5+,10-6+,13-7?,14-8?. The van der Waals surface area contributed by atoms with Crippen LogP contribution in [0.2, 0.25) is 0 Å². The van der Waals surface area contributed by atoms with Crippen LogP contribution < -0.4 is 0 Å². The first kappa shape index (κ1) is 13.3. The molecule has 0 unspecified atom stereocenters. The van der Waals surface area contributed by atoms with Crippen LogP contribution in [0.25, 0.3) is 0 Å². The SMILES string of the molecule is CCC(CC)=C1N=C/C=C/SS/C=C/C=N1. The van der Waals surface area contributed by atoms with Crippen LogP contribution >= 0.6 is 21.6 Å². The summed E-state index contributed by atoms with van der Waals surface area (Å²) in [5, 5.41) is 4.03. The second-order valence-electron chi connectivity index (χ2n) is 3.04. The van der Waals surface area contributed by atoms with E-state index in [4.69, 9.17) is 0 Å². The van der Waals surface area contributed by atoms with Crippen molar-refractivity contribution in [2.75, 3.05) is 0 Å². The third kappa shape index (κ3) is 4.86. The first-order valence-electron chi connectivity index (χ1n) is 5.31. The summed E-state index contributed by atoms with van der Waals surface area (Å²) in [6.07, 6.45) is 9.48. The highest BCUT2D eigenvalue weighted by molar-refractivity contribution is 8.78. The van der Waals surface area contributed by atoms with Crippen molar-refractivity contribution in [2.45, 2.75) is 26.7 Å². The molecule has 4 heteroatoms. The number of nitrogens with zero attached hydrogens (tertiary/aromatic N) is 2. The second-order valence-corrected chi connectivity index (χ2v) is 5.12. The van der Waals surface area contributed by atoms with Gasteiger partial charge in [0.2, 0.25) is 0 Å². The Morgan fingerprint density at radius 2 is 1.50 bits per heavy atom. The van der Waals surface area contributed by atoms with Crippen molar-refractivity contribution < 1.29 is 0 Å². The summed E-state index contributed by atoms with van der Waals surface area (Å²) < 4.78 is 0. The molecule has 0 saturated carbocycles. The average molecular weight is 252 g/mol. The average Bonchev–Trinajstić information content (AvgIpc) is 2.36. The van der Waals surface area contributed by atoms with Crippen LogP contribution in [-0.2, 0) is 0 Å². The summed E-state index contributed by atoms with van der Waals surface area (Å²) >= 11 is 0. The predicted octanol–water partition coefficient (Wildman–Crippen LogP) is 4.58. The van der Waals surface area contributed by atoms with Gasteiger partial charge in [-0.05, 0) is 41.4 Å². The molecule has 0 saturated heterocycles. The van der Waals surface area contributed by atoms with E-state index in [0.717, 1.165) is 18.7 Å². The van der Waals surface area contributed by atoms with E-state index in [-0.39, 0.29) is 0 Å². The number of aliphatic imine (C=N–C) groups is 2. The summed E-state index contributed by atoms with van der Waals surface area (Å²) in [6, 6.07) is 0. The molecule has 0 aliphatic carbocycles. The van der Waals surface area contributed by atoms with Crippen LogP contribution in [-0.4, -0.2) is 12.4 Å². The summed E-state index contributed by atoms with van der Waals surface area (Å²) in [4.78, 5) is 8.76. The smallest absolute Gasteiger partial charge is 0.150 e. The zero-order valence-corrected chi connectivity index (χ0v) is 11.2. The van der Waals surface area contributed by atoms with Gasteiger partial charge in [-0.1, -0.05) is 35.4 Å². The third-order valence-corrected chi connectivity index (χ3v) is 3.71. The highest BCUT2D eigenvalue weighted by Crippen LogP contribution is 2.23. The molecule has 16 heavy (non-hydrogen) atoms. The predicted molar refractivity (Wildman–Crippen MR) is 78.1 cm³/mol. The van der Waals surface area contributed by atoms with E-state index in [1.54, 1.807) is 34.0 Å². The van der Waals surface area contributed by atoms with Gasteiger partial charge < -0.3 is 0 Å². The second kappa shape index (κ2) is 8.42. The zero-order chi connectivity index (χ0) is 11.6. The van der Waals surface area contributed by atoms with Gasteiger partial charge in [0.1, 0.15) is 0 Å². The molecule has 2 nitrogen and oxygen atoms in total. The lowest BCUT2D eigenvalue weighted by Crippen LogP contribution is -1.86. The molecule has 1 aliphatic heterocycles. The molecular weight excluding hydrogens is 236 g/mol. The lowest BCUT2D eigenvalue weighted by Gasteiger charge is -2.02. The Morgan fingerprint density at radius 3 is 1.94 bits per heavy atom. The Hall–Kier alpha value is -0.740. The van der Waals surface area contributed by atoms with Gasteiger partial charge in [-0.25, -0.2) is 9.98 Å². The van der Waals surface area contributed by atoms with E-state index in [1.807, 2.05) is 23.0 Å². The van der Waals surface area contributed by atoms with E-state index in [1.165, 1.54) is 5.57 Å². The van der Waals surface area contributed by atoms with Crippen molar-refractivity contribution in [3.63, 3.8) is 0 Å². The normalized spacial score (nSPS) is 20.2. The van der Waals surface area contributed by atoms with Crippen LogP contribution in [0.15, 0.2) is 44.3 Å². The Balaban J connectivity index is 2.97. The Labute approximate surface area is 105 Å². The lowest BCUT2D eigenvalue weighted by molar-refractivity contribution is 0.931. The molecule has 86 valence electrons. The highest BCUT2D eigenvalue weighted by atomic mass is 33.1. The first-order chi connectivity index (χ1) is 7.88. The lowest BCUT2D eigenvalue weighted by atomic mass is 10.1. The molecule has 0 amide bonds. The van der Waals surface area contributed by atoms with E-state index in [2.05, 4.69) is 23.8 Å². The fraction of sp³-hybridized carbons (Fsp3) is 0.333. The highest BCUT2D eigenvalue weighted by Gasteiger charge is 1.98. The summed E-state index contributed by atoms with van der Waals surface area (Å²) in [5.41, 5.74) is 1.29. The van der Waals surface area contributed by atoms with Gasteiger partial charge in [0.05, 0.1) is 0 Å². The fourth-order valence-electron chi connectivity index (χ4n) is 1.21. The fourth-order valence-corrected chi connectivity index (χ4v) is 2.37. The Kier molecular flexibility index (Phi) is 7.01. The molecule has 0 N–H and O–H groups in total. The molecule has 0 aromatic rings. The zero-order valence-electron chi connectivity index (χ0n) is 9.59. The van der Waals surface area contributed by atoms with Gasteiger partial charge in [0.15, 0.2) is 5.82 Å². The Morgan fingerprint density at radius 1 is 1.00 bits per heavy atom. The maximum absolute atomic E-state index is 4.38. The Bertz CT molecular complexity index is 320. The van der Waals surface area contributed by atoms with Crippen LogP contribution in [0.3, 0.4) is 0 Å². The molecular formula is C12H16N2S2.